The van der Waals surface area contributed by atoms with E-state index in [0.717, 1.165) is 5.75 Å². The molecular weight excluding hydrogens is 282 g/mol. The number of thioether (sulfide) groups is 1. The molecule has 0 aliphatic heterocycles. The minimum Gasteiger partial charge on any atom is -0.480 e. The van der Waals surface area contributed by atoms with Gasteiger partial charge in [0.1, 0.15) is 6.04 Å². The van der Waals surface area contributed by atoms with Gasteiger partial charge < -0.3 is 21.5 Å². The summed E-state index contributed by atoms with van der Waals surface area (Å²) in [6.07, 6.45) is 2.44. The van der Waals surface area contributed by atoms with Gasteiger partial charge in [0.05, 0.1) is 12.6 Å². The third-order valence-electron chi connectivity index (χ3n) is 2.64. The number of carbonyl (C=O) groups is 3. The second-order valence-corrected chi connectivity index (χ2v) is 5.72. The van der Waals surface area contributed by atoms with Crippen molar-refractivity contribution < 1.29 is 19.5 Å². The predicted molar refractivity (Wildman–Crippen MR) is 78.4 cm³/mol. The highest BCUT2D eigenvalue weighted by atomic mass is 32.2. The van der Waals surface area contributed by atoms with E-state index in [1.54, 1.807) is 25.6 Å². The van der Waals surface area contributed by atoms with E-state index in [4.69, 9.17) is 10.8 Å². The maximum atomic E-state index is 11.6. The molecule has 0 aromatic rings. The third-order valence-corrected chi connectivity index (χ3v) is 3.29. The van der Waals surface area contributed by atoms with E-state index in [-0.39, 0.29) is 12.5 Å². The van der Waals surface area contributed by atoms with E-state index in [0.29, 0.717) is 6.42 Å². The van der Waals surface area contributed by atoms with Gasteiger partial charge in [-0.1, -0.05) is 13.8 Å². The quantitative estimate of drug-likeness (QED) is 0.452. The molecule has 0 rings (SSSR count). The van der Waals surface area contributed by atoms with Gasteiger partial charge in [0.2, 0.25) is 11.8 Å². The molecule has 0 bridgehead atoms. The second-order valence-electron chi connectivity index (χ2n) is 4.73. The summed E-state index contributed by atoms with van der Waals surface area (Å²) >= 11 is 1.58. The van der Waals surface area contributed by atoms with Crippen LogP contribution in [0.5, 0.6) is 0 Å². The largest absolute Gasteiger partial charge is 0.480 e. The van der Waals surface area contributed by atoms with Crippen molar-refractivity contribution >= 4 is 29.5 Å². The van der Waals surface area contributed by atoms with Gasteiger partial charge in [0.25, 0.3) is 0 Å². The number of amides is 2. The zero-order valence-corrected chi connectivity index (χ0v) is 12.8. The molecule has 0 unspecified atom stereocenters. The number of rotatable bonds is 9. The number of carboxylic acid groups (broad SMARTS) is 1. The van der Waals surface area contributed by atoms with Crippen molar-refractivity contribution in [3.05, 3.63) is 0 Å². The summed E-state index contributed by atoms with van der Waals surface area (Å²) in [6.45, 7) is 3.11. The van der Waals surface area contributed by atoms with Gasteiger partial charge in [-0.05, 0) is 24.3 Å². The van der Waals surface area contributed by atoms with Crippen molar-refractivity contribution in [2.24, 2.45) is 11.7 Å². The SMILES string of the molecule is CSCC[C@H](N)C(=O)NCC(=O)N[C@H](C(=O)O)C(C)C. The number of nitrogens with one attached hydrogen (secondary N) is 2. The van der Waals surface area contributed by atoms with Crippen LogP contribution in [-0.2, 0) is 14.4 Å². The summed E-state index contributed by atoms with van der Waals surface area (Å²) in [5, 5.41) is 13.7. The van der Waals surface area contributed by atoms with Crippen molar-refractivity contribution in [2.75, 3.05) is 18.6 Å². The zero-order valence-electron chi connectivity index (χ0n) is 12.0. The summed E-state index contributed by atoms with van der Waals surface area (Å²) in [6, 6.07) is -1.62. The van der Waals surface area contributed by atoms with E-state index in [2.05, 4.69) is 10.6 Å². The van der Waals surface area contributed by atoms with E-state index in [9.17, 15) is 14.4 Å². The Kier molecular flexibility index (Phi) is 8.98. The lowest BCUT2D eigenvalue weighted by molar-refractivity contribution is -0.143. The molecule has 0 aromatic carbocycles. The van der Waals surface area contributed by atoms with E-state index >= 15 is 0 Å². The van der Waals surface area contributed by atoms with Crippen molar-refractivity contribution in [3.8, 4) is 0 Å². The van der Waals surface area contributed by atoms with Crippen LogP contribution in [0.1, 0.15) is 20.3 Å². The first-order valence-electron chi connectivity index (χ1n) is 6.34. The van der Waals surface area contributed by atoms with Crippen molar-refractivity contribution in [1.29, 1.82) is 0 Å². The van der Waals surface area contributed by atoms with Gasteiger partial charge >= 0.3 is 5.97 Å². The number of aliphatic carboxylic acids is 1. The standard InChI is InChI=1S/C12H23N3O4S/c1-7(2)10(12(18)19)15-9(16)6-14-11(17)8(13)4-5-20-3/h7-8,10H,4-6,13H2,1-3H3,(H,14,17)(H,15,16)(H,18,19)/t8-,10-/m0/s1. The molecular formula is C12H23N3O4S. The molecule has 2 atom stereocenters. The minimum atomic E-state index is -1.10. The highest BCUT2D eigenvalue weighted by Gasteiger charge is 2.23. The Morgan fingerprint density at radius 1 is 1.30 bits per heavy atom. The van der Waals surface area contributed by atoms with Crippen molar-refractivity contribution in [3.63, 3.8) is 0 Å². The molecule has 7 nitrogen and oxygen atoms in total. The molecule has 0 aliphatic rings. The summed E-state index contributed by atoms with van der Waals surface area (Å²) < 4.78 is 0. The summed E-state index contributed by atoms with van der Waals surface area (Å²) in [7, 11) is 0. The molecule has 0 saturated heterocycles. The molecule has 2 amide bonds. The average molecular weight is 305 g/mol. The lowest BCUT2D eigenvalue weighted by Crippen LogP contribution is -2.50. The highest BCUT2D eigenvalue weighted by molar-refractivity contribution is 7.98. The first-order chi connectivity index (χ1) is 9.29. The second kappa shape index (κ2) is 9.60. The van der Waals surface area contributed by atoms with Gasteiger partial charge in [-0.2, -0.15) is 11.8 Å². The summed E-state index contributed by atoms with van der Waals surface area (Å²) in [5.41, 5.74) is 5.64. The predicted octanol–water partition coefficient (Wildman–Crippen LogP) is -0.592. The van der Waals surface area contributed by atoms with Crippen molar-refractivity contribution in [2.45, 2.75) is 32.4 Å². The average Bonchev–Trinajstić information content (AvgIpc) is 2.38. The Morgan fingerprint density at radius 3 is 2.35 bits per heavy atom. The smallest absolute Gasteiger partial charge is 0.326 e. The van der Waals surface area contributed by atoms with Crippen LogP contribution in [0.25, 0.3) is 0 Å². The van der Waals surface area contributed by atoms with Gasteiger partial charge in [-0.15, -0.1) is 0 Å². The van der Waals surface area contributed by atoms with E-state index < -0.39 is 29.9 Å². The molecule has 116 valence electrons. The molecule has 20 heavy (non-hydrogen) atoms. The number of hydrogen-bond donors (Lipinski definition) is 4. The number of carboxylic acids is 1. The molecule has 8 heteroatoms. The zero-order chi connectivity index (χ0) is 15.7. The fourth-order valence-corrected chi connectivity index (χ4v) is 1.90. The molecule has 0 fully saturated rings. The minimum absolute atomic E-state index is 0.240. The van der Waals surface area contributed by atoms with Gasteiger partial charge in [-0.3, -0.25) is 9.59 Å². The first-order valence-corrected chi connectivity index (χ1v) is 7.73. The van der Waals surface area contributed by atoms with Gasteiger partial charge in [0, 0.05) is 0 Å². The third kappa shape index (κ3) is 7.34. The fraction of sp³-hybridized carbons (Fsp3) is 0.750. The topological polar surface area (TPSA) is 122 Å². The molecule has 0 heterocycles. The van der Waals surface area contributed by atoms with Crippen LogP contribution >= 0.6 is 11.8 Å². The number of hydrogen-bond acceptors (Lipinski definition) is 5. The Labute approximate surface area is 123 Å². The van der Waals surface area contributed by atoms with Crippen LogP contribution in [0.3, 0.4) is 0 Å². The molecule has 0 aliphatic carbocycles. The molecule has 5 N–H and O–H groups in total. The Balaban J connectivity index is 4.15. The molecule has 0 spiro atoms. The Bertz CT molecular complexity index is 350. The summed E-state index contributed by atoms with van der Waals surface area (Å²) in [5.74, 6) is -1.54. The maximum absolute atomic E-state index is 11.6. The Hall–Kier alpha value is -1.28. The van der Waals surface area contributed by atoms with E-state index in [1.807, 2.05) is 6.26 Å². The Morgan fingerprint density at radius 2 is 1.90 bits per heavy atom. The van der Waals surface area contributed by atoms with Crippen molar-refractivity contribution in [1.82, 2.24) is 10.6 Å². The normalized spacial score (nSPS) is 13.7. The van der Waals surface area contributed by atoms with Crippen LogP contribution in [0.4, 0.5) is 0 Å². The molecule has 0 radical (unpaired) electrons. The molecule has 0 aromatic heterocycles. The van der Waals surface area contributed by atoms with Crippen LogP contribution in [0.15, 0.2) is 0 Å². The van der Waals surface area contributed by atoms with Crippen LogP contribution in [0, 0.1) is 5.92 Å². The first kappa shape index (κ1) is 18.7. The summed E-state index contributed by atoms with van der Waals surface area (Å²) in [4.78, 5) is 34.1. The van der Waals surface area contributed by atoms with Gasteiger partial charge in [-0.25, -0.2) is 4.79 Å². The van der Waals surface area contributed by atoms with Crippen LogP contribution in [-0.4, -0.2) is 53.5 Å². The fourth-order valence-electron chi connectivity index (χ4n) is 1.41. The molecule has 0 saturated carbocycles. The maximum Gasteiger partial charge on any atom is 0.326 e. The van der Waals surface area contributed by atoms with E-state index in [1.165, 1.54) is 0 Å². The lowest BCUT2D eigenvalue weighted by Gasteiger charge is -2.18. The van der Waals surface area contributed by atoms with Gasteiger partial charge in [0.15, 0.2) is 0 Å². The number of carbonyl (C=O) groups excluding carboxylic acids is 2. The lowest BCUT2D eigenvalue weighted by atomic mass is 10.1. The highest BCUT2D eigenvalue weighted by Crippen LogP contribution is 2.01. The van der Waals surface area contributed by atoms with Crippen LogP contribution in [0.2, 0.25) is 0 Å². The van der Waals surface area contributed by atoms with Crippen LogP contribution < -0.4 is 16.4 Å². The number of nitrogens with two attached hydrogens (primary N) is 1. The monoisotopic (exact) mass is 305 g/mol.